The maximum atomic E-state index is 13.8. The fraction of sp³-hybridized carbons (Fsp3) is 0.250. The number of anilines is 1. The molecule has 0 spiro atoms. The molecule has 0 radical (unpaired) electrons. The van der Waals surface area contributed by atoms with Crippen molar-refractivity contribution >= 4 is 39.1 Å². The predicted molar refractivity (Wildman–Crippen MR) is 139 cm³/mol. The number of rotatable bonds is 7. The van der Waals surface area contributed by atoms with Crippen LogP contribution >= 0.6 is 11.3 Å². The summed E-state index contributed by atoms with van der Waals surface area (Å²) in [5, 5.41) is 3.85. The Morgan fingerprint density at radius 1 is 0.971 bits per heavy atom. The minimum atomic E-state index is -0.858. The zero-order chi connectivity index (χ0) is 24.3. The SMILES string of the molecule is Cc1cccc(NC(=O)CN(C)C(=O)C(C)(Cc2nc3ccccc3s2)c2ccccc2)c1C. The Bertz CT molecular complexity index is 1300. The maximum absolute atomic E-state index is 13.8. The van der Waals surface area contributed by atoms with Gasteiger partial charge in [0.05, 0.1) is 27.2 Å². The molecule has 34 heavy (non-hydrogen) atoms. The number of likely N-dealkylation sites (N-methyl/N-ethyl adjacent to an activating group) is 1. The molecule has 0 aliphatic carbocycles. The van der Waals surface area contributed by atoms with E-state index in [0.717, 1.165) is 37.6 Å². The fourth-order valence-corrected chi connectivity index (χ4v) is 5.31. The number of aryl methyl sites for hydroxylation is 1. The highest BCUT2D eigenvalue weighted by atomic mass is 32.1. The number of amides is 2. The number of thiazole rings is 1. The van der Waals surface area contributed by atoms with Crippen molar-refractivity contribution in [3.8, 4) is 0 Å². The molecule has 5 nitrogen and oxygen atoms in total. The lowest BCUT2D eigenvalue weighted by atomic mass is 9.78. The summed E-state index contributed by atoms with van der Waals surface area (Å²) in [6, 6.07) is 23.5. The molecule has 0 fully saturated rings. The smallest absolute Gasteiger partial charge is 0.243 e. The van der Waals surface area contributed by atoms with Crippen molar-refractivity contribution < 1.29 is 9.59 Å². The summed E-state index contributed by atoms with van der Waals surface area (Å²) in [4.78, 5) is 32.9. The number of carbonyl (C=O) groups is 2. The molecule has 4 rings (SSSR count). The topological polar surface area (TPSA) is 62.3 Å². The van der Waals surface area contributed by atoms with Gasteiger partial charge in [0, 0.05) is 19.2 Å². The van der Waals surface area contributed by atoms with Crippen LogP contribution in [0, 0.1) is 13.8 Å². The lowest BCUT2D eigenvalue weighted by molar-refractivity contribution is -0.138. The molecular formula is C28H29N3O2S. The Balaban J connectivity index is 1.57. The second kappa shape index (κ2) is 9.77. The third kappa shape index (κ3) is 4.87. The molecule has 174 valence electrons. The third-order valence-corrected chi connectivity index (χ3v) is 7.37. The van der Waals surface area contributed by atoms with Crippen LogP contribution < -0.4 is 5.32 Å². The average molecular weight is 472 g/mol. The molecule has 1 heterocycles. The van der Waals surface area contributed by atoms with Crippen molar-refractivity contribution in [3.05, 3.63) is 94.5 Å². The van der Waals surface area contributed by atoms with Crippen molar-refractivity contribution in [1.82, 2.24) is 9.88 Å². The molecule has 3 aromatic carbocycles. The van der Waals surface area contributed by atoms with Gasteiger partial charge in [-0.25, -0.2) is 4.98 Å². The second-order valence-electron chi connectivity index (χ2n) is 8.91. The van der Waals surface area contributed by atoms with Gasteiger partial charge in [-0.05, 0) is 55.7 Å². The number of nitrogens with one attached hydrogen (secondary N) is 1. The molecule has 0 bridgehead atoms. The van der Waals surface area contributed by atoms with Crippen LogP contribution in [0.25, 0.3) is 10.2 Å². The van der Waals surface area contributed by atoms with E-state index in [4.69, 9.17) is 4.98 Å². The number of fused-ring (bicyclic) bond motifs is 1. The summed E-state index contributed by atoms with van der Waals surface area (Å²) in [6.07, 6.45) is 0.456. The first-order valence-electron chi connectivity index (χ1n) is 11.3. The lowest BCUT2D eigenvalue weighted by Crippen LogP contribution is -2.47. The van der Waals surface area contributed by atoms with Crippen LogP contribution in [0.5, 0.6) is 0 Å². The molecule has 0 saturated carbocycles. The van der Waals surface area contributed by atoms with Gasteiger partial charge in [0.25, 0.3) is 0 Å². The zero-order valence-corrected chi connectivity index (χ0v) is 20.8. The molecule has 0 saturated heterocycles. The minimum Gasteiger partial charge on any atom is -0.336 e. The van der Waals surface area contributed by atoms with E-state index in [1.54, 1.807) is 18.4 Å². The van der Waals surface area contributed by atoms with E-state index >= 15 is 0 Å². The van der Waals surface area contributed by atoms with Gasteiger partial charge in [-0.1, -0.05) is 54.6 Å². The van der Waals surface area contributed by atoms with Crippen LogP contribution in [0.3, 0.4) is 0 Å². The Morgan fingerprint density at radius 2 is 1.68 bits per heavy atom. The van der Waals surface area contributed by atoms with Crippen LogP contribution in [0.2, 0.25) is 0 Å². The van der Waals surface area contributed by atoms with Gasteiger partial charge in [-0.15, -0.1) is 11.3 Å². The summed E-state index contributed by atoms with van der Waals surface area (Å²) in [6.45, 7) is 5.89. The molecule has 2 amide bonds. The molecule has 1 N–H and O–H groups in total. The molecule has 1 unspecified atom stereocenters. The first kappa shape index (κ1) is 23.6. The molecule has 0 aliphatic rings. The highest BCUT2D eigenvalue weighted by Gasteiger charge is 2.39. The molecule has 1 atom stereocenters. The van der Waals surface area contributed by atoms with Crippen molar-refractivity contribution in [2.24, 2.45) is 0 Å². The van der Waals surface area contributed by atoms with Gasteiger partial charge in [0.15, 0.2) is 0 Å². The van der Waals surface area contributed by atoms with Crippen molar-refractivity contribution in [2.75, 3.05) is 18.9 Å². The van der Waals surface area contributed by atoms with Crippen LogP contribution in [-0.4, -0.2) is 35.3 Å². The maximum Gasteiger partial charge on any atom is 0.243 e. The van der Waals surface area contributed by atoms with Gasteiger partial charge in [0.2, 0.25) is 11.8 Å². The summed E-state index contributed by atoms with van der Waals surface area (Å²) in [5.74, 6) is -0.339. The predicted octanol–water partition coefficient (Wildman–Crippen LogP) is 5.51. The van der Waals surface area contributed by atoms with Crippen LogP contribution in [0.4, 0.5) is 5.69 Å². The number of para-hydroxylation sites is 1. The van der Waals surface area contributed by atoms with E-state index in [9.17, 15) is 9.59 Å². The first-order valence-corrected chi connectivity index (χ1v) is 12.1. The summed E-state index contributed by atoms with van der Waals surface area (Å²) in [5.41, 5.74) is 3.88. The van der Waals surface area contributed by atoms with E-state index in [2.05, 4.69) is 5.32 Å². The Morgan fingerprint density at radius 3 is 2.41 bits per heavy atom. The van der Waals surface area contributed by atoms with E-state index < -0.39 is 5.41 Å². The lowest BCUT2D eigenvalue weighted by Gasteiger charge is -2.32. The first-order chi connectivity index (χ1) is 16.3. The van der Waals surface area contributed by atoms with Gasteiger partial charge in [-0.2, -0.15) is 0 Å². The van der Waals surface area contributed by atoms with Crippen molar-refractivity contribution in [1.29, 1.82) is 0 Å². The summed E-state index contributed by atoms with van der Waals surface area (Å²) in [7, 11) is 1.69. The molecular weight excluding hydrogens is 442 g/mol. The normalized spacial score (nSPS) is 12.8. The Kier molecular flexibility index (Phi) is 6.80. The number of benzene rings is 3. The van der Waals surface area contributed by atoms with Crippen LogP contribution in [0.1, 0.15) is 28.6 Å². The second-order valence-corrected chi connectivity index (χ2v) is 10.0. The monoisotopic (exact) mass is 471 g/mol. The molecule has 1 aromatic heterocycles. The average Bonchev–Trinajstić information content (AvgIpc) is 3.24. The molecule has 0 aliphatic heterocycles. The quantitative estimate of drug-likeness (QED) is 0.387. The summed E-state index contributed by atoms with van der Waals surface area (Å²) >= 11 is 1.61. The molecule has 4 aromatic rings. The van der Waals surface area contributed by atoms with E-state index in [1.165, 1.54) is 4.90 Å². The van der Waals surface area contributed by atoms with Gasteiger partial charge >= 0.3 is 0 Å². The van der Waals surface area contributed by atoms with E-state index in [-0.39, 0.29) is 18.4 Å². The van der Waals surface area contributed by atoms with E-state index in [0.29, 0.717) is 6.42 Å². The Labute approximate surface area is 204 Å². The Hall–Kier alpha value is -3.51. The van der Waals surface area contributed by atoms with E-state index in [1.807, 2.05) is 93.6 Å². The minimum absolute atomic E-state index is 0.0333. The third-order valence-electron chi connectivity index (χ3n) is 6.33. The summed E-state index contributed by atoms with van der Waals surface area (Å²) < 4.78 is 1.10. The largest absolute Gasteiger partial charge is 0.336 e. The number of hydrogen-bond donors (Lipinski definition) is 1. The van der Waals surface area contributed by atoms with Crippen molar-refractivity contribution in [2.45, 2.75) is 32.6 Å². The number of aromatic nitrogens is 1. The highest BCUT2D eigenvalue weighted by molar-refractivity contribution is 7.18. The fourth-order valence-electron chi connectivity index (χ4n) is 4.19. The number of nitrogens with zero attached hydrogens (tertiary/aromatic N) is 2. The van der Waals surface area contributed by atoms with Crippen LogP contribution in [0.15, 0.2) is 72.8 Å². The van der Waals surface area contributed by atoms with Gasteiger partial charge < -0.3 is 10.2 Å². The van der Waals surface area contributed by atoms with Crippen molar-refractivity contribution in [3.63, 3.8) is 0 Å². The van der Waals surface area contributed by atoms with Crippen LogP contribution in [-0.2, 0) is 21.4 Å². The zero-order valence-electron chi connectivity index (χ0n) is 20.0. The van der Waals surface area contributed by atoms with Gasteiger partial charge in [-0.3, -0.25) is 9.59 Å². The van der Waals surface area contributed by atoms with Gasteiger partial charge in [0.1, 0.15) is 0 Å². The highest BCUT2D eigenvalue weighted by Crippen LogP contribution is 2.33. The molecule has 6 heteroatoms. The number of carbonyl (C=O) groups excluding carboxylic acids is 2. The number of hydrogen-bond acceptors (Lipinski definition) is 4. The standard InChI is InChI=1S/C28H29N3O2S/c1-19-11-10-15-22(20(19)2)29-25(32)18-31(4)27(33)28(3,21-12-6-5-7-13-21)17-26-30-23-14-8-9-16-24(23)34-26/h5-16H,17-18H2,1-4H3,(H,29,32).